The molecule has 0 bridgehead atoms. The Bertz CT molecular complexity index is 2810. The van der Waals surface area contributed by atoms with Crippen molar-refractivity contribution < 1.29 is 42.2 Å². The number of ether oxygens (including phenoxy) is 4. The van der Waals surface area contributed by atoms with Crippen molar-refractivity contribution in [3.05, 3.63) is 99.7 Å². The van der Waals surface area contributed by atoms with Crippen LogP contribution in [0.25, 0.3) is 11.0 Å². The van der Waals surface area contributed by atoms with Gasteiger partial charge in [0.05, 0.1) is 40.7 Å². The van der Waals surface area contributed by atoms with Crippen molar-refractivity contribution in [1.82, 2.24) is 20.0 Å². The van der Waals surface area contributed by atoms with Crippen LogP contribution in [0.1, 0.15) is 113 Å². The van der Waals surface area contributed by atoms with Crippen molar-refractivity contribution in [2.24, 2.45) is 11.3 Å². The number of thioether (sulfide) groups is 1. The number of H-pyrrole nitrogens is 1. The molecule has 3 aromatic carbocycles. The van der Waals surface area contributed by atoms with Gasteiger partial charge in [0.25, 0.3) is 27.5 Å². The number of carbonyl (C=O) groups is 1. The minimum absolute atomic E-state index is 0.0596. The fourth-order valence-electron chi connectivity index (χ4n) is 10.7. The van der Waals surface area contributed by atoms with Gasteiger partial charge in [-0.3, -0.25) is 14.9 Å². The Labute approximate surface area is 407 Å². The second-order valence-electron chi connectivity index (χ2n) is 19.7. The van der Waals surface area contributed by atoms with Crippen molar-refractivity contribution in [1.29, 1.82) is 0 Å². The van der Waals surface area contributed by atoms with Crippen LogP contribution in [0.15, 0.2) is 82.7 Å². The number of aliphatic hydroxyl groups is 1. The highest BCUT2D eigenvalue weighted by atomic mass is 32.2. The van der Waals surface area contributed by atoms with E-state index in [1.54, 1.807) is 24.4 Å². The van der Waals surface area contributed by atoms with E-state index < -0.39 is 37.0 Å². The largest absolute Gasteiger partial charge is 0.491 e. The first-order chi connectivity index (χ1) is 33.0. The molecule has 5 aromatic rings. The molecular weight excluding hydrogens is 921 g/mol. The van der Waals surface area contributed by atoms with E-state index in [0.717, 1.165) is 68.8 Å². The third kappa shape index (κ3) is 10.4. The van der Waals surface area contributed by atoms with E-state index >= 15 is 0 Å². The van der Waals surface area contributed by atoms with E-state index in [1.807, 2.05) is 19.9 Å². The summed E-state index contributed by atoms with van der Waals surface area (Å²) in [7, 11) is -3.23. The topological polar surface area (TPSA) is 207 Å². The highest BCUT2D eigenvalue weighted by Crippen LogP contribution is 2.52. The number of carbonyl (C=O) groups excluding carboxylic acids is 1. The lowest BCUT2D eigenvalue weighted by atomic mass is 9.60. The van der Waals surface area contributed by atoms with Gasteiger partial charge in [0.1, 0.15) is 28.6 Å². The zero-order valence-electron chi connectivity index (χ0n) is 39.8. The lowest BCUT2D eigenvalue weighted by Gasteiger charge is -2.53. The summed E-state index contributed by atoms with van der Waals surface area (Å²) in [5, 5.41) is 27.5. The SMILES string of the molecule is CCOC[C@H](NC1CC2(CCN(c3ccc(C(=O)NS(=O)(=O)c4cc5c(c([N+](=O)[O-])c4)S[C@@H](C4CCC(C)(O)CC4)CO5)c(Oc4cc5cc[nH]c5nc4OC)c3)CC2)C1)c1ccccc1C(C)C. The first kappa shape index (κ1) is 48.6. The van der Waals surface area contributed by atoms with Gasteiger partial charge >= 0.3 is 0 Å². The molecule has 18 heteroatoms. The molecule has 0 unspecified atom stereocenters. The maximum absolute atomic E-state index is 14.2. The van der Waals surface area contributed by atoms with Gasteiger partial charge in [-0.05, 0) is 118 Å². The summed E-state index contributed by atoms with van der Waals surface area (Å²) in [6.45, 7) is 11.3. The van der Waals surface area contributed by atoms with Gasteiger partial charge in [-0.25, -0.2) is 13.1 Å². The third-order valence-corrected chi connectivity index (χ3v) is 17.4. The summed E-state index contributed by atoms with van der Waals surface area (Å²) in [6, 6.07) is 19.9. The predicted octanol–water partition coefficient (Wildman–Crippen LogP) is 9.42. The standard InChI is InChI=1S/C51H62N6O10S2/c1-6-65-29-40(38-10-8-7-9-37(38)31(2)3)53-34-27-51(28-34)18-21-56(22-19-51)35-11-12-39(42(24-35)67-44-23-33-15-20-52-47(33)54-49(44)64-5)48(58)55-69(62,63)36-25-41(57(60)61)46-43(26-36)66-30-45(68-46)32-13-16-50(4,59)17-14-32/h7-12,15,20,23-26,31-32,34,40,45,53,59H,6,13-14,16-19,21-22,27-30H2,1-5H3,(H,52,54)(H,55,58)/t32?,40-,45+,50?/m0/s1. The van der Waals surface area contributed by atoms with Crippen molar-refractivity contribution in [2.75, 3.05) is 44.9 Å². The summed E-state index contributed by atoms with van der Waals surface area (Å²) >= 11 is 1.30. The number of aromatic amines is 1. The number of anilines is 1. The normalized spacial score (nSPS) is 21.9. The van der Waals surface area contributed by atoms with Crippen molar-refractivity contribution >= 4 is 50.1 Å². The number of nitrogens with one attached hydrogen (secondary N) is 3. The fourth-order valence-corrected chi connectivity index (χ4v) is 13.0. The molecule has 368 valence electrons. The summed E-state index contributed by atoms with van der Waals surface area (Å²) in [5.41, 5.74) is 2.94. The Hall–Kier alpha value is -5.40. The highest BCUT2D eigenvalue weighted by Gasteiger charge is 2.47. The molecule has 0 radical (unpaired) electrons. The van der Waals surface area contributed by atoms with Crippen LogP contribution in [0, 0.1) is 21.4 Å². The predicted molar refractivity (Wildman–Crippen MR) is 264 cm³/mol. The van der Waals surface area contributed by atoms with Crippen LogP contribution >= 0.6 is 11.8 Å². The molecule has 4 heterocycles. The van der Waals surface area contributed by atoms with Gasteiger partial charge in [0.15, 0.2) is 5.75 Å². The molecule has 4 aliphatic rings. The zero-order chi connectivity index (χ0) is 48.7. The molecule has 69 heavy (non-hydrogen) atoms. The number of sulfonamides is 1. The first-order valence-electron chi connectivity index (χ1n) is 24.0. The minimum Gasteiger partial charge on any atom is -0.491 e. The lowest BCUT2D eigenvalue weighted by Crippen LogP contribution is -2.54. The van der Waals surface area contributed by atoms with E-state index in [0.29, 0.717) is 43.7 Å². The van der Waals surface area contributed by atoms with Gasteiger partial charge in [-0.1, -0.05) is 38.1 Å². The summed E-state index contributed by atoms with van der Waals surface area (Å²) in [4.78, 5) is 35.6. The van der Waals surface area contributed by atoms with E-state index in [2.05, 4.69) is 63.0 Å². The molecule has 2 aliphatic heterocycles. The van der Waals surface area contributed by atoms with Crippen LogP contribution in [-0.4, -0.2) is 91.2 Å². The van der Waals surface area contributed by atoms with Crippen molar-refractivity contribution in [2.45, 2.75) is 118 Å². The number of rotatable bonds is 16. The highest BCUT2D eigenvalue weighted by molar-refractivity contribution is 8.00. The molecule has 16 nitrogen and oxygen atoms in total. The Morgan fingerprint density at radius 3 is 2.48 bits per heavy atom. The summed E-state index contributed by atoms with van der Waals surface area (Å²) < 4.78 is 54.3. The molecule has 3 fully saturated rings. The third-order valence-electron chi connectivity index (χ3n) is 14.6. The molecule has 2 atom stereocenters. The first-order valence-corrected chi connectivity index (χ1v) is 26.3. The number of methoxy groups -OCH3 is 1. The number of amides is 1. The van der Waals surface area contributed by atoms with E-state index in [1.165, 1.54) is 42.1 Å². The quantitative estimate of drug-likeness (QED) is 0.0537. The van der Waals surface area contributed by atoms with Crippen LogP contribution in [0.2, 0.25) is 0 Å². The van der Waals surface area contributed by atoms with Crippen LogP contribution in [-0.2, 0) is 14.8 Å². The number of hydrogen-bond acceptors (Lipinski definition) is 14. The van der Waals surface area contributed by atoms with Crippen molar-refractivity contribution in [3.63, 3.8) is 0 Å². The maximum Gasteiger partial charge on any atom is 0.288 e. The van der Waals surface area contributed by atoms with Crippen LogP contribution < -0.4 is 29.1 Å². The summed E-state index contributed by atoms with van der Waals surface area (Å²) in [6.07, 6.45) is 8.53. The van der Waals surface area contributed by atoms with E-state index in [9.17, 15) is 28.4 Å². The molecule has 4 N–H and O–H groups in total. The molecule has 2 saturated carbocycles. The minimum atomic E-state index is -4.69. The molecule has 1 amide bonds. The lowest BCUT2D eigenvalue weighted by molar-refractivity contribution is -0.388. The van der Waals surface area contributed by atoms with Gasteiger partial charge in [-0.15, -0.1) is 11.8 Å². The molecular formula is C51H62N6O10S2. The van der Waals surface area contributed by atoms with Gasteiger partial charge in [-0.2, -0.15) is 4.98 Å². The molecule has 2 aliphatic carbocycles. The van der Waals surface area contributed by atoms with E-state index in [-0.39, 0.29) is 62.8 Å². The number of aromatic nitrogens is 2. The monoisotopic (exact) mass is 982 g/mol. The number of hydrogen-bond donors (Lipinski definition) is 4. The second-order valence-corrected chi connectivity index (χ2v) is 22.6. The number of pyridine rings is 1. The van der Waals surface area contributed by atoms with Crippen LogP contribution in [0.4, 0.5) is 11.4 Å². The average molecular weight is 983 g/mol. The van der Waals surface area contributed by atoms with Crippen molar-refractivity contribution in [3.8, 4) is 23.1 Å². The summed E-state index contributed by atoms with van der Waals surface area (Å²) in [5.74, 6) is 0.0502. The van der Waals surface area contributed by atoms with Gasteiger partial charge in [0, 0.05) is 66.5 Å². The second kappa shape index (κ2) is 19.8. The number of benzene rings is 3. The molecule has 1 saturated heterocycles. The maximum atomic E-state index is 14.2. The van der Waals surface area contributed by atoms with Gasteiger partial charge in [0.2, 0.25) is 0 Å². The smallest absolute Gasteiger partial charge is 0.288 e. The Kier molecular flexibility index (Phi) is 13.9. The number of piperidine rings is 1. The number of fused-ring (bicyclic) bond motifs is 2. The number of nitro groups is 1. The Morgan fingerprint density at radius 2 is 1.78 bits per heavy atom. The molecule has 2 aromatic heterocycles. The molecule has 1 spiro atoms. The number of nitrogens with zero attached hydrogens (tertiary/aromatic N) is 3. The Morgan fingerprint density at radius 1 is 1.04 bits per heavy atom. The molecule has 9 rings (SSSR count). The zero-order valence-corrected chi connectivity index (χ0v) is 41.4. The van der Waals surface area contributed by atoms with Crippen LogP contribution in [0.5, 0.6) is 23.1 Å². The average Bonchev–Trinajstić information content (AvgIpc) is 3.79. The fraction of sp³-hybridized carbons (Fsp3) is 0.490. The van der Waals surface area contributed by atoms with E-state index in [4.69, 9.17) is 18.9 Å². The Balaban J connectivity index is 0.929. The van der Waals surface area contributed by atoms with Crippen LogP contribution in [0.3, 0.4) is 0 Å². The number of nitro benzene ring substituents is 1. The van der Waals surface area contributed by atoms with Gasteiger partial charge < -0.3 is 39.3 Å².